The number of imidazole rings is 1. The Hall–Kier alpha value is -3.55. The molecule has 14 heteroatoms. The lowest BCUT2D eigenvalue weighted by Gasteiger charge is -2.47. The van der Waals surface area contributed by atoms with Crippen LogP contribution >= 0.6 is 11.6 Å². The highest BCUT2D eigenvalue weighted by Crippen LogP contribution is 2.36. The van der Waals surface area contributed by atoms with Crippen molar-refractivity contribution >= 4 is 28.6 Å². The monoisotopic (exact) mass is 619 g/mol. The Morgan fingerprint density at radius 1 is 1.05 bits per heavy atom. The molecule has 0 radical (unpaired) electrons. The number of aromatic nitrogens is 5. The molecule has 43 heavy (non-hydrogen) atoms. The van der Waals surface area contributed by atoms with Crippen LogP contribution in [-0.4, -0.2) is 73.6 Å². The summed E-state index contributed by atoms with van der Waals surface area (Å²) < 4.78 is 63.9. The largest absolute Gasteiger partial charge is 0.573 e. The average molecular weight is 620 g/mol. The molecule has 0 spiro atoms. The van der Waals surface area contributed by atoms with Crippen molar-refractivity contribution in [3.63, 3.8) is 0 Å². The van der Waals surface area contributed by atoms with Crippen LogP contribution in [0.15, 0.2) is 48.9 Å². The summed E-state index contributed by atoms with van der Waals surface area (Å²) in [7, 11) is 0. The third-order valence-electron chi connectivity index (χ3n) is 7.94. The van der Waals surface area contributed by atoms with Crippen molar-refractivity contribution in [1.82, 2.24) is 29.4 Å². The minimum Gasteiger partial charge on any atom is -0.404 e. The predicted molar refractivity (Wildman–Crippen MR) is 151 cm³/mol. The van der Waals surface area contributed by atoms with Crippen molar-refractivity contribution in [2.45, 2.75) is 63.8 Å². The highest BCUT2D eigenvalue weighted by molar-refractivity contribution is 6.28. The number of nitrogens with zero attached hydrogens (tertiary/aromatic N) is 7. The number of hydrogen-bond donors (Lipinski definition) is 0. The number of piperazine rings is 1. The molecule has 6 rings (SSSR count). The van der Waals surface area contributed by atoms with Gasteiger partial charge in [0.1, 0.15) is 11.6 Å². The third-order valence-corrected chi connectivity index (χ3v) is 8.11. The van der Waals surface area contributed by atoms with Crippen molar-refractivity contribution in [2.75, 3.05) is 24.6 Å². The molecular formula is C29H30ClF4N7O2. The Labute approximate surface area is 250 Å². The summed E-state index contributed by atoms with van der Waals surface area (Å²) in [5, 5.41) is 0.119. The molecule has 228 valence electrons. The van der Waals surface area contributed by atoms with Gasteiger partial charge in [0.15, 0.2) is 17.0 Å². The van der Waals surface area contributed by atoms with Crippen LogP contribution in [-0.2, 0) is 11.3 Å². The van der Waals surface area contributed by atoms with E-state index < -0.39 is 18.2 Å². The highest BCUT2D eigenvalue weighted by atomic mass is 35.5. The molecule has 2 saturated heterocycles. The van der Waals surface area contributed by atoms with Crippen LogP contribution in [0.5, 0.6) is 5.75 Å². The minimum atomic E-state index is -4.82. The second-order valence-corrected chi connectivity index (χ2v) is 11.3. The summed E-state index contributed by atoms with van der Waals surface area (Å²) in [6.07, 6.45) is 0.0734. The van der Waals surface area contributed by atoms with Gasteiger partial charge in [-0.1, -0.05) is 12.1 Å². The maximum Gasteiger partial charge on any atom is 0.573 e. The zero-order valence-corrected chi connectivity index (χ0v) is 24.3. The predicted octanol–water partition coefficient (Wildman–Crippen LogP) is 5.78. The normalized spacial score (nSPS) is 22.3. The van der Waals surface area contributed by atoms with E-state index >= 15 is 0 Å². The molecule has 5 heterocycles. The molecule has 0 N–H and O–H groups in total. The fourth-order valence-corrected chi connectivity index (χ4v) is 6.14. The number of alkyl halides is 3. The standard InChI is InChI=1S/C29H30ClF4N7O2/c1-17-14-41(27-24-26(37-28(30)38-27)39(16-36-24)15-22-4-3-11-42-22)18(2)13-40(17)25(19-5-7-20(31)8-6-19)23-10-9-21(12-35-23)43-29(32,33)34/h5-10,12,16-18,22,25H,3-4,11,13-15H2,1-2H3/t17-,18+,22+,25?/m1/s1. The third kappa shape index (κ3) is 6.38. The lowest BCUT2D eigenvalue weighted by Crippen LogP contribution is -2.57. The number of fused-ring (bicyclic) bond motifs is 1. The topological polar surface area (TPSA) is 81.4 Å². The summed E-state index contributed by atoms with van der Waals surface area (Å²) in [4.78, 5) is 22.4. The van der Waals surface area contributed by atoms with Crippen LogP contribution < -0.4 is 9.64 Å². The van der Waals surface area contributed by atoms with E-state index in [1.54, 1.807) is 18.5 Å². The molecule has 0 bridgehead atoms. The van der Waals surface area contributed by atoms with Crippen molar-refractivity contribution in [1.29, 1.82) is 0 Å². The van der Waals surface area contributed by atoms with Gasteiger partial charge in [-0.25, -0.2) is 9.37 Å². The Bertz CT molecular complexity index is 1560. The van der Waals surface area contributed by atoms with E-state index in [9.17, 15) is 17.6 Å². The Kier molecular flexibility index (Phi) is 8.14. The number of ether oxygens (including phenoxy) is 2. The first-order chi connectivity index (χ1) is 20.6. The summed E-state index contributed by atoms with van der Waals surface area (Å²) >= 11 is 6.43. The van der Waals surface area contributed by atoms with Gasteiger partial charge >= 0.3 is 6.36 Å². The van der Waals surface area contributed by atoms with Gasteiger partial charge in [0.05, 0.1) is 36.9 Å². The molecule has 3 aromatic heterocycles. The Morgan fingerprint density at radius 2 is 1.84 bits per heavy atom. The Balaban J connectivity index is 1.30. The van der Waals surface area contributed by atoms with E-state index in [0.29, 0.717) is 42.3 Å². The number of benzene rings is 1. The summed E-state index contributed by atoms with van der Waals surface area (Å²) in [6, 6.07) is 8.18. The van der Waals surface area contributed by atoms with Crippen molar-refractivity contribution in [3.8, 4) is 5.75 Å². The van der Waals surface area contributed by atoms with E-state index in [0.717, 1.165) is 31.2 Å². The second kappa shape index (κ2) is 11.9. The summed E-state index contributed by atoms with van der Waals surface area (Å²) in [6.45, 7) is 6.55. The molecule has 1 unspecified atom stereocenters. The Morgan fingerprint density at radius 3 is 2.51 bits per heavy atom. The van der Waals surface area contributed by atoms with Crippen LogP contribution in [0.3, 0.4) is 0 Å². The quantitative estimate of drug-likeness (QED) is 0.190. The van der Waals surface area contributed by atoms with E-state index in [4.69, 9.17) is 16.3 Å². The SMILES string of the molecule is C[C@@H]1CN(c2nc(Cl)nc3c2ncn3C[C@@H]2CCCO2)[C@@H](C)CN1C(c1ccc(F)cc1)c1ccc(OC(F)(F)F)cn1. The van der Waals surface area contributed by atoms with Crippen LogP contribution in [0.25, 0.3) is 11.2 Å². The zero-order chi connectivity index (χ0) is 30.3. The van der Waals surface area contributed by atoms with Gasteiger partial charge in [-0.05, 0) is 68.1 Å². The van der Waals surface area contributed by atoms with Gasteiger partial charge in [0.25, 0.3) is 0 Å². The molecule has 0 aliphatic carbocycles. The van der Waals surface area contributed by atoms with Crippen LogP contribution in [0.1, 0.15) is 44.0 Å². The first-order valence-electron chi connectivity index (χ1n) is 14.1. The average Bonchev–Trinajstić information content (AvgIpc) is 3.62. The first kappa shape index (κ1) is 29.5. The highest BCUT2D eigenvalue weighted by Gasteiger charge is 2.38. The fourth-order valence-electron chi connectivity index (χ4n) is 5.98. The van der Waals surface area contributed by atoms with Gasteiger partial charge in [0.2, 0.25) is 5.28 Å². The lowest BCUT2D eigenvalue weighted by atomic mass is 9.96. The van der Waals surface area contributed by atoms with Crippen molar-refractivity contribution in [3.05, 3.63) is 71.3 Å². The summed E-state index contributed by atoms with van der Waals surface area (Å²) in [5.74, 6) is -0.173. The van der Waals surface area contributed by atoms with Gasteiger partial charge in [-0.15, -0.1) is 13.2 Å². The lowest BCUT2D eigenvalue weighted by molar-refractivity contribution is -0.274. The van der Waals surface area contributed by atoms with Crippen LogP contribution in [0.2, 0.25) is 5.28 Å². The molecule has 2 aliphatic rings. The van der Waals surface area contributed by atoms with Crippen molar-refractivity contribution < 1.29 is 27.0 Å². The maximum absolute atomic E-state index is 13.9. The smallest absolute Gasteiger partial charge is 0.404 e. The van der Waals surface area contributed by atoms with Gasteiger partial charge in [-0.3, -0.25) is 9.88 Å². The number of rotatable bonds is 7. The van der Waals surface area contributed by atoms with E-state index in [2.05, 4.69) is 41.4 Å². The summed E-state index contributed by atoms with van der Waals surface area (Å²) in [5.41, 5.74) is 2.55. The molecule has 2 aliphatic heterocycles. The maximum atomic E-state index is 13.9. The van der Waals surface area contributed by atoms with E-state index in [1.165, 1.54) is 24.3 Å². The van der Waals surface area contributed by atoms with E-state index in [-0.39, 0.29) is 29.3 Å². The minimum absolute atomic E-state index is 0.0792. The first-order valence-corrected chi connectivity index (χ1v) is 14.4. The molecule has 2 fully saturated rings. The van der Waals surface area contributed by atoms with Gasteiger partial charge in [-0.2, -0.15) is 9.97 Å². The fraction of sp³-hybridized carbons (Fsp3) is 0.448. The number of pyridine rings is 1. The number of anilines is 1. The zero-order valence-electron chi connectivity index (χ0n) is 23.5. The van der Waals surface area contributed by atoms with E-state index in [1.807, 2.05) is 11.5 Å². The van der Waals surface area contributed by atoms with Gasteiger partial charge < -0.3 is 18.9 Å². The van der Waals surface area contributed by atoms with Gasteiger partial charge in [0, 0.05) is 31.8 Å². The van der Waals surface area contributed by atoms with Crippen LogP contribution in [0, 0.1) is 5.82 Å². The van der Waals surface area contributed by atoms with Crippen molar-refractivity contribution in [2.24, 2.45) is 0 Å². The van der Waals surface area contributed by atoms with Crippen LogP contribution in [0.4, 0.5) is 23.4 Å². The molecule has 0 saturated carbocycles. The number of hydrogen-bond acceptors (Lipinski definition) is 8. The molecule has 9 nitrogen and oxygen atoms in total. The second-order valence-electron chi connectivity index (χ2n) is 11.0. The molecule has 4 atom stereocenters. The molecule has 0 amide bonds. The number of halogens is 5. The molecule has 4 aromatic rings. The molecule has 1 aromatic carbocycles. The molecular weight excluding hydrogens is 590 g/mol.